The lowest BCUT2D eigenvalue weighted by molar-refractivity contribution is -0.116. The minimum Gasteiger partial charge on any atom is -0.315 e. The van der Waals surface area contributed by atoms with Crippen LogP contribution in [0.15, 0.2) is 42.5 Å². The highest BCUT2D eigenvalue weighted by atomic mass is 35.5. The maximum atomic E-state index is 13.2. The second-order valence-corrected chi connectivity index (χ2v) is 11.5. The van der Waals surface area contributed by atoms with E-state index in [0.29, 0.717) is 23.1 Å². The number of benzene rings is 2. The zero-order chi connectivity index (χ0) is 27.5. The molecule has 0 bridgehead atoms. The van der Waals surface area contributed by atoms with Gasteiger partial charge >= 0.3 is 6.03 Å². The van der Waals surface area contributed by atoms with Gasteiger partial charge in [0.1, 0.15) is 12.4 Å². The van der Waals surface area contributed by atoms with E-state index in [1.165, 1.54) is 4.90 Å². The predicted molar refractivity (Wildman–Crippen MR) is 152 cm³/mol. The molecule has 7 nitrogen and oxygen atoms in total. The molecule has 3 amide bonds. The zero-order valence-electron chi connectivity index (χ0n) is 22.4. The normalized spacial score (nSPS) is 11.5. The highest BCUT2D eigenvalue weighted by Gasteiger charge is 2.24. The second kappa shape index (κ2) is 11.6. The molecule has 0 unspecified atom stereocenters. The molecular weight excluding hydrogens is 509 g/mol. The van der Waals surface area contributed by atoms with Crippen molar-refractivity contribution < 1.29 is 9.59 Å². The number of carbonyl (C=O) groups is 2. The summed E-state index contributed by atoms with van der Waals surface area (Å²) in [5.41, 5.74) is 4.07. The summed E-state index contributed by atoms with van der Waals surface area (Å²) in [7, 11) is 0. The van der Waals surface area contributed by atoms with E-state index in [1.807, 2.05) is 45.9 Å². The number of rotatable bonds is 7. The Balaban J connectivity index is 1.86. The van der Waals surface area contributed by atoms with E-state index < -0.39 is 6.03 Å². The van der Waals surface area contributed by atoms with Gasteiger partial charge in [-0.1, -0.05) is 81.6 Å². The van der Waals surface area contributed by atoms with Gasteiger partial charge in [-0.25, -0.2) is 9.48 Å². The van der Waals surface area contributed by atoms with E-state index in [1.54, 1.807) is 22.9 Å². The van der Waals surface area contributed by atoms with Crippen LogP contribution in [0.2, 0.25) is 10.0 Å². The lowest BCUT2D eigenvalue weighted by atomic mass is 9.92. The molecule has 2 aromatic carbocycles. The fraction of sp³-hybridized carbons (Fsp3) is 0.393. The van der Waals surface area contributed by atoms with Crippen molar-refractivity contribution in [1.29, 1.82) is 0 Å². The molecule has 3 rings (SSSR count). The molecule has 0 radical (unpaired) electrons. The quantitative estimate of drug-likeness (QED) is 0.330. The van der Waals surface area contributed by atoms with Crippen molar-refractivity contribution in [2.24, 2.45) is 5.92 Å². The third kappa shape index (κ3) is 7.27. The van der Waals surface area contributed by atoms with Gasteiger partial charge in [0.2, 0.25) is 5.91 Å². The van der Waals surface area contributed by atoms with Gasteiger partial charge in [0.15, 0.2) is 0 Å². The van der Waals surface area contributed by atoms with Crippen molar-refractivity contribution in [1.82, 2.24) is 14.7 Å². The van der Waals surface area contributed by atoms with E-state index in [2.05, 4.69) is 37.5 Å². The standard InChI is InChI=1S/C28H35Cl2N5O2/c1-17(2)15-34(27(37)31-21-10-8-9-20(29)26(21)30)16-25(36)32-24-14-23(28(5,6)7)33-35(24)22-12-11-18(3)13-19(22)4/h8-14,17H,15-16H2,1-7H3,(H,31,37)(H,32,36). The number of urea groups is 1. The fourth-order valence-electron chi connectivity index (χ4n) is 3.87. The smallest absolute Gasteiger partial charge is 0.315 e. The first-order chi connectivity index (χ1) is 17.3. The maximum Gasteiger partial charge on any atom is 0.322 e. The Morgan fingerprint density at radius 2 is 1.76 bits per heavy atom. The number of hydrogen-bond donors (Lipinski definition) is 2. The summed E-state index contributed by atoms with van der Waals surface area (Å²) in [5, 5.41) is 11.1. The number of amides is 3. The van der Waals surface area contributed by atoms with Crippen LogP contribution in [-0.4, -0.2) is 39.7 Å². The number of nitrogens with zero attached hydrogens (tertiary/aromatic N) is 3. The van der Waals surface area contributed by atoms with E-state index in [9.17, 15) is 9.59 Å². The van der Waals surface area contributed by atoms with Crippen molar-refractivity contribution in [2.75, 3.05) is 23.7 Å². The highest BCUT2D eigenvalue weighted by Crippen LogP contribution is 2.30. The summed E-state index contributed by atoms with van der Waals surface area (Å²) in [5.74, 6) is 0.352. The molecule has 9 heteroatoms. The third-order valence-corrected chi connectivity index (χ3v) is 6.55. The van der Waals surface area contributed by atoms with Gasteiger partial charge in [-0.15, -0.1) is 0 Å². The Labute approximate surface area is 229 Å². The number of nitrogens with one attached hydrogen (secondary N) is 2. The minimum absolute atomic E-state index is 0.140. The van der Waals surface area contributed by atoms with Crippen LogP contribution in [0.1, 0.15) is 51.4 Å². The lowest BCUT2D eigenvalue weighted by Gasteiger charge is -2.25. The van der Waals surface area contributed by atoms with Crippen molar-refractivity contribution in [3.8, 4) is 5.69 Å². The largest absolute Gasteiger partial charge is 0.322 e. The van der Waals surface area contributed by atoms with Crippen LogP contribution < -0.4 is 10.6 Å². The molecule has 0 aliphatic rings. The number of anilines is 2. The van der Waals surface area contributed by atoms with Gasteiger partial charge in [0.25, 0.3) is 0 Å². The van der Waals surface area contributed by atoms with Crippen LogP contribution in [0.25, 0.3) is 5.69 Å². The van der Waals surface area contributed by atoms with Gasteiger partial charge in [-0.2, -0.15) is 5.10 Å². The van der Waals surface area contributed by atoms with Gasteiger partial charge in [0.05, 0.1) is 27.1 Å². The average molecular weight is 545 g/mol. The number of halogens is 2. The van der Waals surface area contributed by atoms with E-state index in [4.69, 9.17) is 28.3 Å². The third-order valence-electron chi connectivity index (χ3n) is 5.73. The van der Waals surface area contributed by atoms with Crippen molar-refractivity contribution in [3.63, 3.8) is 0 Å². The van der Waals surface area contributed by atoms with Gasteiger partial charge in [-0.05, 0) is 43.5 Å². The van der Waals surface area contributed by atoms with Crippen LogP contribution >= 0.6 is 23.2 Å². The first kappa shape index (κ1) is 28.5. The molecular formula is C28H35Cl2N5O2. The molecule has 0 spiro atoms. The van der Waals surface area contributed by atoms with E-state index in [-0.39, 0.29) is 28.8 Å². The molecule has 0 aliphatic carbocycles. The highest BCUT2D eigenvalue weighted by molar-refractivity contribution is 6.43. The maximum absolute atomic E-state index is 13.2. The van der Waals surface area contributed by atoms with Crippen molar-refractivity contribution in [2.45, 2.75) is 53.9 Å². The van der Waals surface area contributed by atoms with Gasteiger partial charge in [0, 0.05) is 18.0 Å². The number of aromatic nitrogens is 2. The summed E-state index contributed by atoms with van der Waals surface area (Å²) < 4.78 is 1.76. The van der Waals surface area contributed by atoms with Gasteiger partial charge in [-0.3, -0.25) is 4.79 Å². The van der Waals surface area contributed by atoms with E-state index in [0.717, 1.165) is 22.5 Å². The molecule has 0 saturated carbocycles. The first-order valence-corrected chi connectivity index (χ1v) is 13.0. The van der Waals surface area contributed by atoms with Crippen LogP contribution in [0.3, 0.4) is 0 Å². The number of aryl methyl sites for hydroxylation is 2. The Morgan fingerprint density at radius 3 is 2.38 bits per heavy atom. The second-order valence-electron chi connectivity index (χ2n) is 10.7. The molecule has 0 atom stereocenters. The van der Waals surface area contributed by atoms with Crippen LogP contribution in [-0.2, 0) is 10.2 Å². The minimum atomic E-state index is -0.439. The number of carbonyl (C=O) groups excluding carboxylic acids is 2. The van der Waals surface area contributed by atoms with Crippen molar-refractivity contribution >= 4 is 46.6 Å². The molecule has 0 saturated heterocycles. The van der Waals surface area contributed by atoms with Crippen molar-refractivity contribution in [3.05, 3.63) is 69.3 Å². The Hall–Kier alpha value is -3.03. The molecule has 198 valence electrons. The first-order valence-electron chi connectivity index (χ1n) is 12.2. The zero-order valence-corrected chi connectivity index (χ0v) is 24.0. The predicted octanol–water partition coefficient (Wildman–Crippen LogP) is 7.22. The monoisotopic (exact) mass is 543 g/mol. The summed E-state index contributed by atoms with van der Waals surface area (Å²) in [6.07, 6.45) is 0. The molecule has 37 heavy (non-hydrogen) atoms. The van der Waals surface area contributed by atoms with Crippen LogP contribution in [0, 0.1) is 19.8 Å². The molecule has 0 fully saturated rings. The SMILES string of the molecule is Cc1ccc(-n2nc(C(C)(C)C)cc2NC(=O)CN(CC(C)C)C(=O)Nc2cccc(Cl)c2Cl)c(C)c1. The molecule has 3 aromatic rings. The Kier molecular flexibility index (Phi) is 8.92. The van der Waals surface area contributed by atoms with Crippen LogP contribution in [0.5, 0.6) is 0 Å². The summed E-state index contributed by atoms with van der Waals surface area (Å²) in [6, 6.07) is 12.5. The summed E-state index contributed by atoms with van der Waals surface area (Å²) in [4.78, 5) is 27.8. The van der Waals surface area contributed by atoms with E-state index >= 15 is 0 Å². The molecule has 1 aromatic heterocycles. The Morgan fingerprint density at radius 1 is 1.05 bits per heavy atom. The average Bonchev–Trinajstić information content (AvgIpc) is 3.20. The molecule has 0 aliphatic heterocycles. The fourth-order valence-corrected chi connectivity index (χ4v) is 4.22. The summed E-state index contributed by atoms with van der Waals surface area (Å²) >= 11 is 12.3. The van der Waals surface area contributed by atoms with Gasteiger partial charge < -0.3 is 15.5 Å². The molecule has 2 N–H and O–H groups in total. The lowest BCUT2D eigenvalue weighted by Crippen LogP contribution is -2.42. The summed E-state index contributed by atoms with van der Waals surface area (Å²) in [6.45, 7) is 14.5. The van der Waals surface area contributed by atoms with Crippen LogP contribution in [0.4, 0.5) is 16.3 Å². The molecule has 1 heterocycles. The Bertz CT molecular complexity index is 1290. The topological polar surface area (TPSA) is 79.3 Å². The number of hydrogen-bond acceptors (Lipinski definition) is 3.